The van der Waals surface area contributed by atoms with E-state index in [1.807, 2.05) is 38.1 Å². The summed E-state index contributed by atoms with van der Waals surface area (Å²) in [6.45, 7) is 3.62. The highest BCUT2D eigenvalue weighted by atomic mass is 32.1. The maximum Gasteiger partial charge on any atom is 0.325 e. The van der Waals surface area contributed by atoms with Crippen molar-refractivity contribution in [3.8, 4) is 0 Å². The van der Waals surface area contributed by atoms with E-state index in [0.29, 0.717) is 11.6 Å². The van der Waals surface area contributed by atoms with Crippen molar-refractivity contribution in [3.05, 3.63) is 40.4 Å². The molecule has 0 unspecified atom stereocenters. The first-order valence-corrected chi connectivity index (χ1v) is 10.1. The zero-order chi connectivity index (χ0) is 19.9. The molecule has 1 spiro atoms. The summed E-state index contributed by atoms with van der Waals surface area (Å²) in [5, 5.41) is 14.6. The van der Waals surface area contributed by atoms with Gasteiger partial charge in [-0.3, -0.25) is 19.8 Å². The maximum atomic E-state index is 13.2. The molecule has 2 N–H and O–H groups in total. The average Bonchev–Trinajstić information content (AvgIpc) is 3.22. The van der Waals surface area contributed by atoms with Crippen LogP contribution < -0.4 is 10.6 Å². The molecular formula is C19H21N5O3S. The van der Waals surface area contributed by atoms with Gasteiger partial charge in [0, 0.05) is 5.92 Å². The molecule has 1 aromatic heterocycles. The van der Waals surface area contributed by atoms with Gasteiger partial charge in [0.2, 0.25) is 11.0 Å². The minimum absolute atomic E-state index is 0.209. The number of nitrogens with zero attached hydrogens (tertiary/aromatic N) is 3. The summed E-state index contributed by atoms with van der Waals surface area (Å²) in [5.41, 5.74) is 0.816. The molecule has 1 aliphatic carbocycles. The van der Waals surface area contributed by atoms with Gasteiger partial charge in [-0.15, -0.1) is 10.2 Å². The molecule has 4 amide bonds. The number of hydrogen-bond donors (Lipinski definition) is 2. The highest BCUT2D eigenvalue weighted by Crippen LogP contribution is 2.39. The van der Waals surface area contributed by atoms with Gasteiger partial charge in [-0.2, -0.15) is 0 Å². The summed E-state index contributed by atoms with van der Waals surface area (Å²) in [6.07, 6.45) is 2.20. The summed E-state index contributed by atoms with van der Waals surface area (Å²) in [6, 6.07) is 7.11. The molecule has 0 bridgehead atoms. The second-order valence-electron chi connectivity index (χ2n) is 7.39. The van der Waals surface area contributed by atoms with Crippen molar-refractivity contribution in [1.82, 2.24) is 20.4 Å². The van der Waals surface area contributed by atoms with E-state index in [4.69, 9.17) is 0 Å². The van der Waals surface area contributed by atoms with E-state index in [9.17, 15) is 14.4 Å². The maximum absolute atomic E-state index is 13.2. The zero-order valence-corrected chi connectivity index (χ0v) is 16.5. The van der Waals surface area contributed by atoms with Crippen molar-refractivity contribution in [3.63, 3.8) is 0 Å². The van der Waals surface area contributed by atoms with Crippen molar-refractivity contribution in [2.45, 2.75) is 44.6 Å². The summed E-state index contributed by atoms with van der Waals surface area (Å²) in [4.78, 5) is 39.1. The van der Waals surface area contributed by atoms with Gasteiger partial charge in [-0.1, -0.05) is 49.4 Å². The third-order valence-corrected chi connectivity index (χ3v) is 6.27. The molecule has 1 aliphatic heterocycles. The Kier molecular flexibility index (Phi) is 4.62. The van der Waals surface area contributed by atoms with Gasteiger partial charge in [-0.25, -0.2) is 4.79 Å². The number of carbonyl (C=O) groups excluding carboxylic acids is 3. The number of amides is 4. The minimum atomic E-state index is -1.07. The van der Waals surface area contributed by atoms with Gasteiger partial charge in [-0.05, 0) is 30.4 Å². The van der Waals surface area contributed by atoms with Crippen molar-refractivity contribution in [2.24, 2.45) is 0 Å². The Morgan fingerprint density at radius 3 is 2.86 bits per heavy atom. The predicted molar refractivity (Wildman–Crippen MR) is 104 cm³/mol. The molecule has 146 valence electrons. The second-order valence-corrected chi connectivity index (χ2v) is 8.39. The van der Waals surface area contributed by atoms with Crippen molar-refractivity contribution < 1.29 is 14.4 Å². The Balaban J connectivity index is 1.51. The van der Waals surface area contributed by atoms with E-state index in [2.05, 4.69) is 20.8 Å². The molecule has 4 rings (SSSR count). The molecule has 0 saturated carbocycles. The van der Waals surface area contributed by atoms with Crippen molar-refractivity contribution in [1.29, 1.82) is 0 Å². The van der Waals surface area contributed by atoms with Gasteiger partial charge in [0.1, 0.15) is 17.1 Å². The average molecular weight is 399 g/mol. The molecule has 2 aliphatic rings. The Morgan fingerprint density at radius 2 is 2.11 bits per heavy atom. The monoisotopic (exact) mass is 399 g/mol. The fraction of sp³-hybridized carbons (Fsp3) is 0.421. The van der Waals surface area contributed by atoms with Gasteiger partial charge < -0.3 is 5.32 Å². The van der Waals surface area contributed by atoms with Crippen LogP contribution in [-0.4, -0.2) is 39.5 Å². The number of nitrogens with one attached hydrogen (secondary N) is 2. The summed E-state index contributed by atoms with van der Waals surface area (Å²) in [7, 11) is 0. The van der Waals surface area contributed by atoms with Crippen LogP contribution in [0, 0.1) is 0 Å². The van der Waals surface area contributed by atoms with E-state index < -0.39 is 17.5 Å². The molecule has 0 radical (unpaired) electrons. The molecular weight excluding hydrogens is 378 g/mol. The molecule has 28 heavy (non-hydrogen) atoms. The van der Waals surface area contributed by atoms with Gasteiger partial charge >= 0.3 is 6.03 Å². The lowest BCUT2D eigenvalue weighted by molar-refractivity contribution is -0.134. The quantitative estimate of drug-likeness (QED) is 0.768. The number of benzene rings is 1. The third kappa shape index (κ3) is 3.05. The summed E-state index contributed by atoms with van der Waals surface area (Å²) < 4.78 is 0. The van der Waals surface area contributed by atoms with Crippen LogP contribution in [0.4, 0.5) is 9.93 Å². The van der Waals surface area contributed by atoms with Crippen molar-refractivity contribution >= 4 is 34.3 Å². The molecule has 1 aromatic carbocycles. The van der Waals surface area contributed by atoms with Crippen molar-refractivity contribution in [2.75, 3.05) is 11.9 Å². The normalized spacial score (nSPS) is 21.2. The topological polar surface area (TPSA) is 104 Å². The summed E-state index contributed by atoms with van der Waals surface area (Å²) in [5.74, 6) is -0.642. The highest BCUT2D eigenvalue weighted by Gasteiger charge is 2.54. The first kappa shape index (κ1) is 18.5. The largest absolute Gasteiger partial charge is 0.325 e. The fourth-order valence-corrected chi connectivity index (χ4v) is 4.54. The molecule has 1 saturated heterocycles. The number of imide groups is 1. The first-order valence-electron chi connectivity index (χ1n) is 9.26. The van der Waals surface area contributed by atoms with Crippen LogP contribution in [0.2, 0.25) is 0 Å². The van der Waals surface area contributed by atoms with Crippen LogP contribution in [0.5, 0.6) is 0 Å². The Labute approximate surface area is 166 Å². The van der Waals surface area contributed by atoms with E-state index in [0.717, 1.165) is 33.9 Å². The third-order valence-electron chi connectivity index (χ3n) is 5.13. The van der Waals surface area contributed by atoms with E-state index in [1.165, 1.54) is 11.3 Å². The number of aryl methyl sites for hydroxylation is 1. The smallest absolute Gasteiger partial charge is 0.319 e. The van der Waals surface area contributed by atoms with Gasteiger partial charge in [0.15, 0.2) is 0 Å². The fourth-order valence-electron chi connectivity index (χ4n) is 3.78. The lowest BCUT2D eigenvalue weighted by atomic mass is 9.76. The van der Waals surface area contributed by atoms with Gasteiger partial charge in [0.05, 0.1) is 0 Å². The van der Waals surface area contributed by atoms with E-state index >= 15 is 0 Å². The van der Waals surface area contributed by atoms with Crippen LogP contribution in [0.25, 0.3) is 0 Å². The Hall–Kier alpha value is -2.81. The predicted octanol–water partition coefficient (Wildman–Crippen LogP) is 2.38. The highest BCUT2D eigenvalue weighted by molar-refractivity contribution is 7.15. The molecule has 9 heteroatoms. The van der Waals surface area contributed by atoms with Crippen LogP contribution in [0.1, 0.15) is 48.7 Å². The molecule has 2 aromatic rings. The SMILES string of the molecule is CC(C)c1nnc(NC(=O)CN2C(=O)N[C@@]3(CCCc4ccccc43)C2=O)s1. The molecule has 1 atom stereocenters. The standard InChI is InChI=1S/C19H21N5O3S/c1-11(2)15-22-23-17(28-15)20-14(25)10-24-16(26)19(21-18(24)27)9-5-7-12-6-3-4-8-13(12)19/h3-4,6,8,11H,5,7,9-10H2,1-2H3,(H,21,27)(H,20,23,25)/t19-/m1/s1. The number of rotatable bonds is 4. The van der Waals surface area contributed by atoms with E-state index in [1.54, 1.807) is 0 Å². The molecule has 1 fully saturated rings. The van der Waals surface area contributed by atoms with E-state index in [-0.39, 0.29) is 18.4 Å². The molecule has 8 nitrogen and oxygen atoms in total. The number of urea groups is 1. The first-order chi connectivity index (χ1) is 13.4. The Morgan fingerprint density at radius 1 is 1.32 bits per heavy atom. The number of fused-ring (bicyclic) bond motifs is 2. The van der Waals surface area contributed by atoms with Crippen LogP contribution in [0.15, 0.2) is 24.3 Å². The zero-order valence-electron chi connectivity index (χ0n) is 15.7. The van der Waals surface area contributed by atoms with Crippen LogP contribution >= 0.6 is 11.3 Å². The number of aromatic nitrogens is 2. The van der Waals surface area contributed by atoms with Crippen LogP contribution in [0.3, 0.4) is 0 Å². The Bertz CT molecular complexity index is 957. The number of anilines is 1. The van der Waals surface area contributed by atoms with Crippen LogP contribution in [-0.2, 0) is 21.5 Å². The second kappa shape index (κ2) is 6.97. The number of carbonyl (C=O) groups is 3. The lowest BCUT2D eigenvalue weighted by Gasteiger charge is -2.33. The molecule has 2 heterocycles. The lowest BCUT2D eigenvalue weighted by Crippen LogP contribution is -2.47. The minimum Gasteiger partial charge on any atom is -0.319 e. The van der Waals surface area contributed by atoms with Gasteiger partial charge in [0.25, 0.3) is 5.91 Å². The number of hydrogen-bond acceptors (Lipinski definition) is 6. The summed E-state index contributed by atoms with van der Waals surface area (Å²) >= 11 is 1.28.